The first-order chi connectivity index (χ1) is 4.70. The molecule has 0 radical (unpaired) electrons. The van der Waals surface area contributed by atoms with Crippen LogP contribution in [-0.4, -0.2) is 23.6 Å². The Balaban J connectivity index is 2.72. The van der Waals surface area contributed by atoms with Gasteiger partial charge in [-0.1, -0.05) is 0 Å². The SMILES string of the molecule is CC(C)=C[N+]1=C(C)OCC1. The molecule has 0 saturated carbocycles. The summed E-state index contributed by atoms with van der Waals surface area (Å²) in [6.45, 7) is 8.00. The maximum absolute atomic E-state index is 5.26. The van der Waals surface area contributed by atoms with Crippen molar-refractivity contribution in [3.8, 4) is 0 Å². The highest BCUT2D eigenvalue weighted by Gasteiger charge is 2.16. The van der Waals surface area contributed by atoms with Crippen LogP contribution in [0.25, 0.3) is 0 Å². The molecular weight excluding hydrogens is 126 g/mol. The lowest BCUT2D eigenvalue weighted by Gasteiger charge is -1.87. The Kier molecular flexibility index (Phi) is 2.10. The van der Waals surface area contributed by atoms with E-state index in [4.69, 9.17) is 4.74 Å². The van der Waals surface area contributed by atoms with Crippen molar-refractivity contribution in [2.24, 2.45) is 0 Å². The van der Waals surface area contributed by atoms with Crippen molar-refractivity contribution < 1.29 is 9.31 Å². The lowest BCUT2D eigenvalue weighted by molar-refractivity contribution is -0.447. The highest BCUT2D eigenvalue weighted by molar-refractivity contribution is 5.68. The summed E-state index contributed by atoms with van der Waals surface area (Å²) >= 11 is 0. The monoisotopic (exact) mass is 140 g/mol. The van der Waals surface area contributed by atoms with Gasteiger partial charge < -0.3 is 4.74 Å². The molecule has 0 aromatic rings. The lowest BCUT2D eigenvalue weighted by atomic mass is 10.4. The van der Waals surface area contributed by atoms with Crippen LogP contribution in [0.1, 0.15) is 20.8 Å². The van der Waals surface area contributed by atoms with Crippen molar-refractivity contribution in [2.45, 2.75) is 20.8 Å². The minimum atomic E-state index is 0.829. The van der Waals surface area contributed by atoms with Crippen LogP contribution in [0.3, 0.4) is 0 Å². The molecule has 0 saturated heterocycles. The van der Waals surface area contributed by atoms with Gasteiger partial charge >= 0.3 is 5.90 Å². The molecule has 0 aromatic carbocycles. The minimum absolute atomic E-state index is 0.829. The average molecular weight is 140 g/mol. The minimum Gasteiger partial charge on any atom is -0.441 e. The Bertz CT molecular complexity index is 187. The first-order valence-corrected chi connectivity index (χ1v) is 3.58. The molecule has 0 amide bonds. The molecule has 0 N–H and O–H groups in total. The van der Waals surface area contributed by atoms with E-state index in [1.54, 1.807) is 0 Å². The molecule has 1 rings (SSSR count). The summed E-state index contributed by atoms with van der Waals surface area (Å²) in [4.78, 5) is 0. The van der Waals surface area contributed by atoms with E-state index in [1.165, 1.54) is 5.57 Å². The normalized spacial score (nSPS) is 17.1. The van der Waals surface area contributed by atoms with Crippen LogP contribution in [0.5, 0.6) is 0 Å². The lowest BCUT2D eigenvalue weighted by Crippen LogP contribution is -2.06. The second-order valence-corrected chi connectivity index (χ2v) is 2.77. The molecule has 0 fully saturated rings. The third kappa shape index (κ3) is 1.59. The van der Waals surface area contributed by atoms with Gasteiger partial charge in [0, 0.05) is 0 Å². The molecule has 0 aromatic heterocycles. The van der Waals surface area contributed by atoms with Crippen molar-refractivity contribution in [1.82, 2.24) is 0 Å². The summed E-state index contributed by atoms with van der Waals surface area (Å²) in [5, 5.41) is 0. The number of nitrogens with zero attached hydrogens (tertiary/aromatic N) is 1. The van der Waals surface area contributed by atoms with E-state index < -0.39 is 0 Å². The molecule has 2 heteroatoms. The van der Waals surface area contributed by atoms with E-state index in [0.717, 1.165) is 19.0 Å². The standard InChI is InChI=1S/C8H14NO/c1-7(2)6-9-4-5-10-8(9)3/h6H,4-5H2,1-3H3/q+1. The summed E-state index contributed by atoms with van der Waals surface area (Å²) in [6, 6.07) is 0. The average Bonchev–Trinajstić information content (AvgIpc) is 2.15. The maximum atomic E-state index is 5.26. The molecule has 0 unspecified atom stereocenters. The molecule has 1 aliphatic heterocycles. The molecule has 0 bridgehead atoms. The van der Waals surface area contributed by atoms with Crippen LogP contribution in [-0.2, 0) is 4.74 Å². The van der Waals surface area contributed by atoms with Gasteiger partial charge in [0.15, 0.2) is 19.4 Å². The fourth-order valence-corrected chi connectivity index (χ4v) is 0.999. The van der Waals surface area contributed by atoms with Crippen LogP contribution in [0.4, 0.5) is 0 Å². The first-order valence-electron chi connectivity index (χ1n) is 3.58. The summed E-state index contributed by atoms with van der Waals surface area (Å²) < 4.78 is 7.40. The molecule has 2 nitrogen and oxygen atoms in total. The van der Waals surface area contributed by atoms with Crippen molar-refractivity contribution >= 4 is 5.90 Å². The highest BCUT2D eigenvalue weighted by atomic mass is 16.5. The Morgan fingerprint density at radius 1 is 1.60 bits per heavy atom. The van der Waals surface area contributed by atoms with E-state index in [-0.39, 0.29) is 0 Å². The highest BCUT2D eigenvalue weighted by Crippen LogP contribution is 1.98. The van der Waals surface area contributed by atoms with E-state index in [1.807, 2.05) is 6.92 Å². The maximum Gasteiger partial charge on any atom is 0.338 e. The van der Waals surface area contributed by atoms with E-state index in [2.05, 4.69) is 24.6 Å². The van der Waals surface area contributed by atoms with Gasteiger partial charge in [0.25, 0.3) is 0 Å². The second kappa shape index (κ2) is 2.86. The summed E-state index contributed by atoms with van der Waals surface area (Å²) in [7, 11) is 0. The number of ether oxygens (including phenoxy) is 1. The molecule has 0 spiro atoms. The zero-order chi connectivity index (χ0) is 7.56. The number of rotatable bonds is 1. The van der Waals surface area contributed by atoms with Gasteiger partial charge in [-0.3, -0.25) is 0 Å². The topological polar surface area (TPSA) is 12.2 Å². The molecule has 10 heavy (non-hydrogen) atoms. The molecule has 1 aliphatic rings. The number of hydrogen-bond acceptors (Lipinski definition) is 1. The molecule has 56 valence electrons. The quantitative estimate of drug-likeness (QED) is 0.501. The molecule has 0 aliphatic carbocycles. The Morgan fingerprint density at radius 2 is 2.30 bits per heavy atom. The van der Waals surface area contributed by atoms with Crippen molar-refractivity contribution in [3.63, 3.8) is 0 Å². The smallest absolute Gasteiger partial charge is 0.338 e. The summed E-state index contributed by atoms with van der Waals surface area (Å²) in [5.41, 5.74) is 1.31. The van der Waals surface area contributed by atoms with Gasteiger partial charge in [-0.2, -0.15) is 4.58 Å². The van der Waals surface area contributed by atoms with Gasteiger partial charge in [0.05, 0.1) is 6.92 Å². The van der Waals surface area contributed by atoms with Crippen LogP contribution in [0.15, 0.2) is 11.8 Å². The number of hydrogen-bond donors (Lipinski definition) is 0. The van der Waals surface area contributed by atoms with Gasteiger partial charge in [0.1, 0.15) is 0 Å². The molecule has 0 atom stereocenters. The Hall–Kier alpha value is -0.790. The fraction of sp³-hybridized carbons (Fsp3) is 0.625. The zero-order valence-corrected chi connectivity index (χ0v) is 6.85. The Morgan fingerprint density at radius 3 is 2.70 bits per heavy atom. The van der Waals surface area contributed by atoms with Crippen LogP contribution < -0.4 is 0 Å². The van der Waals surface area contributed by atoms with Crippen LogP contribution in [0, 0.1) is 0 Å². The van der Waals surface area contributed by atoms with Crippen LogP contribution >= 0.6 is 0 Å². The fourth-order valence-electron chi connectivity index (χ4n) is 0.999. The molecular formula is C8H14NO+. The van der Waals surface area contributed by atoms with Crippen molar-refractivity contribution in [1.29, 1.82) is 0 Å². The van der Waals surface area contributed by atoms with Gasteiger partial charge in [-0.25, -0.2) is 0 Å². The van der Waals surface area contributed by atoms with Crippen LogP contribution in [0.2, 0.25) is 0 Å². The predicted octanol–water partition coefficient (Wildman–Crippen LogP) is 1.37. The molecule has 1 heterocycles. The largest absolute Gasteiger partial charge is 0.441 e. The second-order valence-electron chi connectivity index (χ2n) is 2.77. The van der Waals surface area contributed by atoms with E-state index in [0.29, 0.717) is 0 Å². The zero-order valence-electron chi connectivity index (χ0n) is 6.85. The van der Waals surface area contributed by atoms with Gasteiger partial charge in [-0.05, 0) is 19.4 Å². The third-order valence-electron chi connectivity index (χ3n) is 1.46. The predicted molar refractivity (Wildman–Crippen MR) is 41.2 cm³/mol. The van der Waals surface area contributed by atoms with Gasteiger partial charge in [0.2, 0.25) is 0 Å². The summed E-state index contributed by atoms with van der Waals surface area (Å²) in [6.07, 6.45) is 2.11. The third-order valence-corrected chi connectivity index (χ3v) is 1.46. The first kappa shape index (κ1) is 7.32. The Labute approximate surface area is 61.8 Å². The van der Waals surface area contributed by atoms with E-state index in [9.17, 15) is 0 Å². The number of allylic oxidation sites excluding steroid dienone is 1. The summed E-state index contributed by atoms with van der Waals surface area (Å²) in [5.74, 6) is 1.02. The van der Waals surface area contributed by atoms with Gasteiger partial charge in [-0.15, -0.1) is 0 Å². The van der Waals surface area contributed by atoms with Crippen molar-refractivity contribution in [2.75, 3.05) is 13.2 Å². The van der Waals surface area contributed by atoms with Crippen molar-refractivity contribution in [3.05, 3.63) is 11.8 Å². The van der Waals surface area contributed by atoms with E-state index >= 15 is 0 Å².